The summed E-state index contributed by atoms with van der Waals surface area (Å²) in [5.41, 5.74) is 7.44. The number of amides is 1. The molecular weight excluding hydrogens is 214 g/mol. The molecule has 1 atom stereocenters. The lowest BCUT2D eigenvalue weighted by molar-refractivity contribution is -0.114. The van der Waals surface area contributed by atoms with Crippen molar-refractivity contribution in [3.05, 3.63) is 29.8 Å². The van der Waals surface area contributed by atoms with E-state index in [1.54, 1.807) is 0 Å². The van der Waals surface area contributed by atoms with E-state index in [0.29, 0.717) is 6.54 Å². The number of carbonyl (C=O) groups excluding carboxylic acids is 1. The van der Waals surface area contributed by atoms with Crippen molar-refractivity contribution in [2.45, 2.75) is 26.3 Å². The van der Waals surface area contributed by atoms with E-state index in [0.717, 1.165) is 24.2 Å². The number of benzene rings is 1. The summed E-state index contributed by atoms with van der Waals surface area (Å²) in [5, 5.41) is 6.17. The average molecular weight is 235 g/mol. The molecule has 0 radical (unpaired) electrons. The third kappa shape index (κ3) is 4.97. The second kappa shape index (κ2) is 7.04. The first-order chi connectivity index (χ1) is 8.13. The lowest BCUT2D eigenvalue weighted by atomic mass is 10.1. The van der Waals surface area contributed by atoms with Crippen molar-refractivity contribution in [2.75, 3.05) is 18.4 Å². The lowest BCUT2D eigenvalue weighted by Gasteiger charge is -2.15. The van der Waals surface area contributed by atoms with E-state index in [-0.39, 0.29) is 11.9 Å². The first kappa shape index (κ1) is 13.7. The van der Waals surface area contributed by atoms with Gasteiger partial charge < -0.3 is 16.4 Å². The van der Waals surface area contributed by atoms with Crippen LogP contribution in [0.4, 0.5) is 5.69 Å². The van der Waals surface area contributed by atoms with Gasteiger partial charge in [0.05, 0.1) is 0 Å². The highest BCUT2D eigenvalue weighted by Gasteiger charge is 2.05. The van der Waals surface area contributed by atoms with Gasteiger partial charge in [-0.3, -0.25) is 4.79 Å². The SMILES string of the molecule is CC(=O)Nc1cccc(C(C)NCCCN)c1. The molecule has 0 bridgehead atoms. The van der Waals surface area contributed by atoms with Crippen LogP contribution in [0.25, 0.3) is 0 Å². The minimum atomic E-state index is -0.0501. The van der Waals surface area contributed by atoms with Crippen LogP contribution in [0, 0.1) is 0 Å². The Morgan fingerprint density at radius 3 is 2.88 bits per heavy atom. The number of hydrogen-bond donors (Lipinski definition) is 3. The zero-order valence-electron chi connectivity index (χ0n) is 10.5. The number of nitrogens with two attached hydrogens (primary N) is 1. The highest BCUT2D eigenvalue weighted by Crippen LogP contribution is 2.17. The Hall–Kier alpha value is -1.39. The minimum Gasteiger partial charge on any atom is -0.330 e. The fraction of sp³-hybridized carbons (Fsp3) is 0.462. The molecule has 0 aliphatic rings. The number of nitrogens with one attached hydrogen (secondary N) is 2. The quantitative estimate of drug-likeness (QED) is 0.657. The van der Waals surface area contributed by atoms with Crippen LogP contribution < -0.4 is 16.4 Å². The number of hydrogen-bond acceptors (Lipinski definition) is 3. The number of rotatable bonds is 6. The first-order valence-corrected chi connectivity index (χ1v) is 5.94. The third-order valence-electron chi connectivity index (χ3n) is 2.54. The zero-order chi connectivity index (χ0) is 12.7. The molecule has 4 heteroatoms. The van der Waals surface area contributed by atoms with E-state index in [1.165, 1.54) is 6.92 Å². The topological polar surface area (TPSA) is 67.2 Å². The van der Waals surface area contributed by atoms with Gasteiger partial charge in [-0.05, 0) is 44.1 Å². The molecule has 1 rings (SSSR count). The Morgan fingerprint density at radius 1 is 1.47 bits per heavy atom. The Morgan fingerprint density at radius 2 is 2.24 bits per heavy atom. The molecule has 1 unspecified atom stereocenters. The Labute approximate surface area is 103 Å². The molecule has 0 aliphatic heterocycles. The molecule has 17 heavy (non-hydrogen) atoms. The van der Waals surface area contributed by atoms with Crippen molar-refractivity contribution in [2.24, 2.45) is 5.73 Å². The summed E-state index contributed by atoms with van der Waals surface area (Å²) in [6.07, 6.45) is 0.968. The van der Waals surface area contributed by atoms with Gasteiger partial charge in [0.25, 0.3) is 0 Å². The standard InChI is InChI=1S/C13H21N3O/c1-10(15-8-4-7-14)12-5-3-6-13(9-12)16-11(2)17/h3,5-6,9-10,15H,4,7-8,14H2,1-2H3,(H,16,17). The molecule has 0 aromatic heterocycles. The van der Waals surface area contributed by atoms with Crippen molar-refractivity contribution < 1.29 is 4.79 Å². The molecule has 1 amide bonds. The molecule has 1 aromatic rings. The van der Waals surface area contributed by atoms with E-state index in [2.05, 4.69) is 17.6 Å². The van der Waals surface area contributed by atoms with Crippen molar-refractivity contribution in [3.8, 4) is 0 Å². The van der Waals surface area contributed by atoms with Crippen LogP contribution in [-0.4, -0.2) is 19.0 Å². The summed E-state index contributed by atoms with van der Waals surface area (Å²) in [5.74, 6) is -0.0501. The van der Waals surface area contributed by atoms with E-state index in [9.17, 15) is 4.79 Å². The van der Waals surface area contributed by atoms with E-state index in [4.69, 9.17) is 5.73 Å². The molecule has 4 N–H and O–H groups in total. The largest absolute Gasteiger partial charge is 0.330 e. The van der Waals surface area contributed by atoms with Crippen molar-refractivity contribution in [3.63, 3.8) is 0 Å². The van der Waals surface area contributed by atoms with E-state index in [1.807, 2.05) is 24.3 Å². The van der Waals surface area contributed by atoms with Crippen LogP contribution in [0.15, 0.2) is 24.3 Å². The van der Waals surface area contributed by atoms with Gasteiger partial charge in [-0.2, -0.15) is 0 Å². The van der Waals surface area contributed by atoms with Gasteiger partial charge >= 0.3 is 0 Å². The molecule has 0 heterocycles. The molecule has 0 aliphatic carbocycles. The normalized spacial score (nSPS) is 12.2. The van der Waals surface area contributed by atoms with Crippen LogP contribution in [0.5, 0.6) is 0 Å². The zero-order valence-corrected chi connectivity index (χ0v) is 10.5. The Kier molecular flexibility index (Phi) is 5.66. The van der Waals surface area contributed by atoms with Gasteiger partial charge in [-0.25, -0.2) is 0 Å². The van der Waals surface area contributed by atoms with Gasteiger partial charge in [-0.1, -0.05) is 12.1 Å². The second-order valence-electron chi connectivity index (χ2n) is 4.12. The first-order valence-electron chi connectivity index (χ1n) is 5.94. The van der Waals surface area contributed by atoms with Crippen LogP contribution in [0.3, 0.4) is 0 Å². The number of anilines is 1. The predicted octanol–water partition coefficient (Wildman–Crippen LogP) is 1.64. The number of carbonyl (C=O) groups is 1. The third-order valence-corrected chi connectivity index (χ3v) is 2.54. The molecule has 0 spiro atoms. The maximum absolute atomic E-state index is 11.0. The van der Waals surface area contributed by atoms with Crippen molar-refractivity contribution in [1.82, 2.24) is 5.32 Å². The van der Waals surface area contributed by atoms with Gasteiger partial charge in [0.1, 0.15) is 0 Å². The Bertz CT molecular complexity index is 365. The lowest BCUT2D eigenvalue weighted by Crippen LogP contribution is -2.22. The smallest absolute Gasteiger partial charge is 0.221 e. The van der Waals surface area contributed by atoms with Gasteiger partial charge in [0.15, 0.2) is 0 Å². The highest BCUT2D eigenvalue weighted by atomic mass is 16.1. The Balaban J connectivity index is 2.60. The maximum Gasteiger partial charge on any atom is 0.221 e. The molecule has 0 saturated carbocycles. The van der Waals surface area contributed by atoms with E-state index >= 15 is 0 Å². The molecule has 0 saturated heterocycles. The fourth-order valence-corrected chi connectivity index (χ4v) is 1.63. The summed E-state index contributed by atoms with van der Waals surface area (Å²) >= 11 is 0. The molecule has 0 fully saturated rings. The maximum atomic E-state index is 11.0. The summed E-state index contributed by atoms with van der Waals surface area (Å²) in [4.78, 5) is 11.0. The molecule has 1 aromatic carbocycles. The second-order valence-corrected chi connectivity index (χ2v) is 4.12. The van der Waals surface area contributed by atoms with Gasteiger partial charge in [0.2, 0.25) is 5.91 Å². The predicted molar refractivity (Wildman–Crippen MR) is 70.8 cm³/mol. The molecular formula is C13H21N3O. The van der Waals surface area contributed by atoms with Crippen LogP contribution in [0.1, 0.15) is 31.9 Å². The van der Waals surface area contributed by atoms with Crippen LogP contribution in [-0.2, 0) is 4.79 Å². The fourth-order valence-electron chi connectivity index (χ4n) is 1.63. The van der Waals surface area contributed by atoms with E-state index < -0.39 is 0 Å². The average Bonchev–Trinajstić information content (AvgIpc) is 2.28. The summed E-state index contributed by atoms with van der Waals surface area (Å²) in [6, 6.07) is 8.13. The van der Waals surface area contributed by atoms with Gasteiger partial charge in [-0.15, -0.1) is 0 Å². The van der Waals surface area contributed by atoms with Gasteiger partial charge in [0, 0.05) is 18.7 Å². The monoisotopic (exact) mass is 235 g/mol. The van der Waals surface area contributed by atoms with Crippen LogP contribution in [0.2, 0.25) is 0 Å². The summed E-state index contributed by atoms with van der Waals surface area (Å²) < 4.78 is 0. The summed E-state index contributed by atoms with van der Waals surface area (Å²) in [7, 11) is 0. The minimum absolute atomic E-state index is 0.0501. The van der Waals surface area contributed by atoms with Crippen LogP contribution >= 0.6 is 0 Å². The highest BCUT2D eigenvalue weighted by molar-refractivity contribution is 5.88. The molecule has 4 nitrogen and oxygen atoms in total. The van der Waals surface area contributed by atoms with Crippen molar-refractivity contribution in [1.29, 1.82) is 0 Å². The molecule has 94 valence electrons. The summed E-state index contributed by atoms with van der Waals surface area (Å²) in [6.45, 7) is 5.21. The van der Waals surface area contributed by atoms with Crippen molar-refractivity contribution >= 4 is 11.6 Å².